The molecule has 0 saturated heterocycles. The molecule has 0 aromatic carbocycles. The standard InChI is InChI=1S/C14H20N4/c1-11-4-2-3-6-14(11,10-16)18-12-5-7-17-13(8-12)9-15/h5,7-8,11H,2-4,6,10,16H2,1H3,(H,17,18). The molecule has 3 N–H and O–H groups in total. The fourth-order valence-electron chi connectivity index (χ4n) is 2.81. The van der Waals surface area contributed by atoms with Crippen LogP contribution in [0.15, 0.2) is 18.3 Å². The Balaban J connectivity index is 2.21. The van der Waals surface area contributed by atoms with Gasteiger partial charge in [0.1, 0.15) is 11.8 Å². The number of nitrogens with one attached hydrogen (secondary N) is 1. The van der Waals surface area contributed by atoms with Gasteiger partial charge < -0.3 is 11.1 Å². The minimum Gasteiger partial charge on any atom is -0.378 e. The van der Waals surface area contributed by atoms with E-state index in [-0.39, 0.29) is 5.54 Å². The first kappa shape index (κ1) is 12.8. The number of nitrogens with two attached hydrogens (primary N) is 1. The van der Waals surface area contributed by atoms with Crippen LogP contribution in [-0.2, 0) is 0 Å². The van der Waals surface area contributed by atoms with Crippen molar-refractivity contribution in [2.24, 2.45) is 11.7 Å². The maximum Gasteiger partial charge on any atom is 0.142 e. The molecule has 1 saturated carbocycles. The summed E-state index contributed by atoms with van der Waals surface area (Å²) in [5, 5.41) is 12.4. The van der Waals surface area contributed by atoms with E-state index in [0.29, 0.717) is 18.2 Å². The van der Waals surface area contributed by atoms with Crippen LogP contribution in [0.3, 0.4) is 0 Å². The molecule has 2 rings (SSSR count). The van der Waals surface area contributed by atoms with Crippen LogP contribution in [0.1, 0.15) is 38.3 Å². The highest BCUT2D eigenvalue weighted by Crippen LogP contribution is 2.35. The molecule has 4 heteroatoms. The molecule has 1 aliphatic rings. The van der Waals surface area contributed by atoms with Gasteiger partial charge in [-0.3, -0.25) is 0 Å². The lowest BCUT2D eigenvalue weighted by atomic mass is 9.73. The van der Waals surface area contributed by atoms with Gasteiger partial charge in [0.2, 0.25) is 0 Å². The summed E-state index contributed by atoms with van der Waals surface area (Å²) in [5.41, 5.74) is 7.35. The van der Waals surface area contributed by atoms with Crippen LogP contribution in [0.2, 0.25) is 0 Å². The molecule has 0 radical (unpaired) electrons. The van der Waals surface area contributed by atoms with Crippen LogP contribution in [-0.4, -0.2) is 17.1 Å². The molecule has 1 aliphatic carbocycles. The van der Waals surface area contributed by atoms with Crippen molar-refractivity contribution in [3.05, 3.63) is 24.0 Å². The largest absolute Gasteiger partial charge is 0.378 e. The number of anilines is 1. The van der Waals surface area contributed by atoms with E-state index < -0.39 is 0 Å². The Hall–Kier alpha value is -1.60. The molecule has 1 aromatic rings. The number of hydrogen-bond donors (Lipinski definition) is 2. The minimum atomic E-state index is -0.0354. The molecule has 1 aromatic heterocycles. The number of nitrogens with zero attached hydrogens (tertiary/aromatic N) is 2. The zero-order chi connectivity index (χ0) is 13.0. The van der Waals surface area contributed by atoms with E-state index in [9.17, 15) is 0 Å². The first-order valence-electron chi connectivity index (χ1n) is 6.54. The topological polar surface area (TPSA) is 74.7 Å². The number of hydrogen-bond acceptors (Lipinski definition) is 4. The van der Waals surface area contributed by atoms with Crippen molar-refractivity contribution >= 4 is 5.69 Å². The highest BCUT2D eigenvalue weighted by atomic mass is 15.0. The molecule has 0 bridgehead atoms. The number of nitriles is 1. The van der Waals surface area contributed by atoms with Crippen molar-refractivity contribution in [2.45, 2.75) is 38.1 Å². The summed E-state index contributed by atoms with van der Waals surface area (Å²) in [6, 6.07) is 5.76. The van der Waals surface area contributed by atoms with Crippen LogP contribution in [0.25, 0.3) is 0 Å². The van der Waals surface area contributed by atoms with Crippen LogP contribution < -0.4 is 11.1 Å². The van der Waals surface area contributed by atoms with Gasteiger partial charge in [0.25, 0.3) is 0 Å². The molecular formula is C14H20N4. The van der Waals surface area contributed by atoms with E-state index in [2.05, 4.69) is 23.3 Å². The molecule has 1 heterocycles. The van der Waals surface area contributed by atoms with Gasteiger partial charge in [0.05, 0.1) is 5.54 Å². The summed E-state index contributed by atoms with van der Waals surface area (Å²) in [6.07, 6.45) is 6.46. The summed E-state index contributed by atoms with van der Waals surface area (Å²) >= 11 is 0. The summed E-state index contributed by atoms with van der Waals surface area (Å²) in [6.45, 7) is 2.88. The Bertz CT molecular complexity index is 451. The number of rotatable bonds is 3. The van der Waals surface area contributed by atoms with E-state index in [0.717, 1.165) is 12.1 Å². The van der Waals surface area contributed by atoms with Crippen molar-refractivity contribution in [2.75, 3.05) is 11.9 Å². The minimum absolute atomic E-state index is 0.0354. The molecule has 1 fully saturated rings. The van der Waals surface area contributed by atoms with Crippen molar-refractivity contribution < 1.29 is 0 Å². The summed E-state index contributed by atoms with van der Waals surface area (Å²) in [4.78, 5) is 3.99. The van der Waals surface area contributed by atoms with E-state index in [1.807, 2.05) is 6.07 Å². The molecule has 0 aliphatic heterocycles. The van der Waals surface area contributed by atoms with E-state index >= 15 is 0 Å². The second kappa shape index (κ2) is 5.36. The third kappa shape index (κ3) is 2.46. The lowest BCUT2D eigenvalue weighted by Gasteiger charge is -2.43. The smallest absolute Gasteiger partial charge is 0.142 e. The Labute approximate surface area is 108 Å². The molecule has 0 amide bonds. The highest BCUT2D eigenvalue weighted by Gasteiger charge is 2.36. The van der Waals surface area contributed by atoms with Crippen LogP contribution in [0.4, 0.5) is 5.69 Å². The molecule has 96 valence electrons. The van der Waals surface area contributed by atoms with Crippen LogP contribution >= 0.6 is 0 Å². The molecule has 18 heavy (non-hydrogen) atoms. The van der Waals surface area contributed by atoms with Gasteiger partial charge in [-0.05, 0) is 30.9 Å². The average molecular weight is 244 g/mol. The van der Waals surface area contributed by atoms with E-state index in [4.69, 9.17) is 11.0 Å². The van der Waals surface area contributed by atoms with E-state index in [1.165, 1.54) is 19.3 Å². The molecule has 4 nitrogen and oxygen atoms in total. The van der Waals surface area contributed by atoms with Crippen molar-refractivity contribution in [1.82, 2.24) is 4.98 Å². The second-order valence-corrected chi connectivity index (χ2v) is 5.17. The van der Waals surface area contributed by atoms with Gasteiger partial charge in [0.15, 0.2) is 0 Å². The summed E-state index contributed by atoms with van der Waals surface area (Å²) in [7, 11) is 0. The van der Waals surface area contributed by atoms with E-state index in [1.54, 1.807) is 12.3 Å². The highest BCUT2D eigenvalue weighted by molar-refractivity contribution is 5.48. The SMILES string of the molecule is CC1CCCCC1(CN)Nc1ccnc(C#N)c1. The monoisotopic (exact) mass is 244 g/mol. The fraction of sp³-hybridized carbons (Fsp3) is 0.571. The Morgan fingerprint density at radius 2 is 2.44 bits per heavy atom. The van der Waals surface area contributed by atoms with Gasteiger partial charge in [-0.25, -0.2) is 4.98 Å². The Kier molecular flexibility index (Phi) is 3.83. The molecular weight excluding hydrogens is 224 g/mol. The molecule has 0 spiro atoms. The van der Waals surface area contributed by atoms with Crippen molar-refractivity contribution in [3.63, 3.8) is 0 Å². The third-order valence-corrected chi connectivity index (χ3v) is 4.09. The maximum atomic E-state index is 8.88. The van der Waals surface area contributed by atoms with Crippen molar-refractivity contribution in [1.29, 1.82) is 5.26 Å². The normalized spacial score (nSPS) is 27.5. The second-order valence-electron chi connectivity index (χ2n) is 5.17. The first-order chi connectivity index (χ1) is 8.70. The predicted molar refractivity (Wildman–Crippen MR) is 72.0 cm³/mol. The lowest BCUT2D eigenvalue weighted by Crippen LogP contribution is -2.52. The molecule has 2 unspecified atom stereocenters. The Morgan fingerprint density at radius 1 is 1.61 bits per heavy atom. The van der Waals surface area contributed by atoms with Gasteiger partial charge in [-0.15, -0.1) is 0 Å². The zero-order valence-electron chi connectivity index (χ0n) is 10.8. The average Bonchev–Trinajstić information content (AvgIpc) is 2.42. The van der Waals surface area contributed by atoms with Crippen LogP contribution in [0, 0.1) is 17.2 Å². The van der Waals surface area contributed by atoms with Gasteiger partial charge in [0, 0.05) is 18.4 Å². The predicted octanol–water partition coefficient (Wildman–Crippen LogP) is 2.27. The maximum absolute atomic E-state index is 8.88. The zero-order valence-corrected chi connectivity index (χ0v) is 10.8. The molecule has 2 atom stereocenters. The number of aromatic nitrogens is 1. The summed E-state index contributed by atoms with van der Waals surface area (Å²) in [5.74, 6) is 0.551. The Morgan fingerprint density at radius 3 is 3.11 bits per heavy atom. The quantitative estimate of drug-likeness (QED) is 0.855. The fourth-order valence-corrected chi connectivity index (χ4v) is 2.81. The van der Waals surface area contributed by atoms with Gasteiger partial charge in [-0.2, -0.15) is 5.26 Å². The number of pyridine rings is 1. The summed E-state index contributed by atoms with van der Waals surface area (Å²) < 4.78 is 0. The third-order valence-electron chi connectivity index (χ3n) is 4.09. The van der Waals surface area contributed by atoms with Crippen molar-refractivity contribution in [3.8, 4) is 6.07 Å². The van der Waals surface area contributed by atoms with Gasteiger partial charge in [-0.1, -0.05) is 19.8 Å². The van der Waals surface area contributed by atoms with Crippen LogP contribution in [0.5, 0.6) is 0 Å². The first-order valence-corrected chi connectivity index (χ1v) is 6.54. The lowest BCUT2D eigenvalue weighted by molar-refractivity contribution is 0.235. The van der Waals surface area contributed by atoms with Gasteiger partial charge >= 0.3 is 0 Å².